The summed E-state index contributed by atoms with van der Waals surface area (Å²) >= 11 is 5.61. The van der Waals surface area contributed by atoms with Crippen molar-refractivity contribution in [2.45, 2.75) is 0 Å². The highest BCUT2D eigenvalue weighted by Crippen LogP contribution is 2.24. The highest BCUT2D eigenvalue weighted by molar-refractivity contribution is 9.11. The lowest BCUT2D eigenvalue weighted by molar-refractivity contribution is 0.472. The third-order valence-corrected chi connectivity index (χ3v) is 4.20. The summed E-state index contributed by atoms with van der Waals surface area (Å²) in [5.41, 5.74) is 10.6. The van der Waals surface area contributed by atoms with Crippen molar-refractivity contribution in [2.24, 2.45) is 0 Å². The van der Waals surface area contributed by atoms with E-state index in [9.17, 15) is 4.79 Å². The van der Waals surface area contributed by atoms with E-state index in [0.717, 1.165) is 3.92 Å². The molecule has 0 amide bonds. The van der Waals surface area contributed by atoms with Gasteiger partial charge in [0.1, 0.15) is 5.75 Å². The van der Waals surface area contributed by atoms with Crippen molar-refractivity contribution < 1.29 is 4.74 Å². The standard InChI is InChI=1S/C7H6N4OS.C5H5NO.C2H2BrN3S/c8-6-10-11-7(13-6)12-5-1-3-9-4-2-5;7-5-1-3-6-4-2-5;3-1-5-6-2(4)7-1/h1-4H,(H2,8,10);1-4H,(H,6,7);(H2,4,6). The zero-order valence-electron chi connectivity index (χ0n) is 13.5. The van der Waals surface area contributed by atoms with E-state index in [1.807, 2.05) is 0 Å². The van der Waals surface area contributed by atoms with Gasteiger partial charge in [0, 0.05) is 36.9 Å². The Labute approximate surface area is 169 Å². The van der Waals surface area contributed by atoms with Crippen LogP contribution in [0.5, 0.6) is 10.9 Å². The number of ether oxygens (including phenoxy) is 1. The SMILES string of the molecule is Nc1nnc(Br)s1.Nc1nnc(Oc2ccncc2)s1.O=c1cc[nH]cc1. The number of halogens is 1. The quantitative estimate of drug-likeness (QED) is 0.401. The summed E-state index contributed by atoms with van der Waals surface area (Å²) in [5, 5.41) is 15.7. The molecule has 4 heterocycles. The van der Waals surface area contributed by atoms with Crippen molar-refractivity contribution in [1.29, 1.82) is 0 Å². The molecular formula is C14H13BrN8O2S2. The first kappa shape index (κ1) is 20.4. The van der Waals surface area contributed by atoms with E-state index in [4.69, 9.17) is 16.2 Å². The number of H-pyrrole nitrogens is 1. The summed E-state index contributed by atoms with van der Waals surface area (Å²) in [6.45, 7) is 0. The summed E-state index contributed by atoms with van der Waals surface area (Å²) < 4.78 is 6.05. The molecular weight excluding hydrogens is 456 g/mol. The predicted molar refractivity (Wildman–Crippen MR) is 108 cm³/mol. The van der Waals surface area contributed by atoms with Gasteiger partial charge >= 0.3 is 5.19 Å². The fourth-order valence-corrected chi connectivity index (χ4v) is 2.75. The molecule has 0 aliphatic heterocycles. The Morgan fingerprint density at radius 2 is 1.56 bits per heavy atom. The normalized spacial score (nSPS) is 9.37. The van der Waals surface area contributed by atoms with Gasteiger partial charge in [-0.25, -0.2) is 0 Å². The van der Waals surface area contributed by atoms with Gasteiger partial charge in [-0.3, -0.25) is 9.78 Å². The number of hydrogen-bond donors (Lipinski definition) is 3. The Hall–Kier alpha value is -2.90. The van der Waals surface area contributed by atoms with Crippen molar-refractivity contribution in [3.63, 3.8) is 0 Å². The van der Waals surface area contributed by atoms with Crippen molar-refractivity contribution >= 4 is 48.9 Å². The molecule has 5 N–H and O–H groups in total. The van der Waals surface area contributed by atoms with Gasteiger partial charge in [0.25, 0.3) is 0 Å². The molecule has 0 unspecified atom stereocenters. The molecule has 0 atom stereocenters. The van der Waals surface area contributed by atoms with Gasteiger partial charge in [0.15, 0.2) is 9.35 Å². The Bertz CT molecular complexity index is 958. The molecule has 0 saturated heterocycles. The number of aromatic amines is 1. The molecule has 27 heavy (non-hydrogen) atoms. The fourth-order valence-electron chi connectivity index (χ4n) is 1.36. The molecule has 0 aromatic carbocycles. The molecule has 0 bridgehead atoms. The summed E-state index contributed by atoms with van der Waals surface area (Å²) in [6, 6.07) is 6.41. The van der Waals surface area contributed by atoms with Crippen LogP contribution in [0.3, 0.4) is 0 Å². The van der Waals surface area contributed by atoms with Crippen molar-refractivity contribution in [1.82, 2.24) is 30.4 Å². The van der Waals surface area contributed by atoms with Gasteiger partial charge in [-0.1, -0.05) is 16.4 Å². The lowest BCUT2D eigenvalue weighted by atomic mass is 10.5. The molecule has 4 rings (SSSR count). The maximum Gasteiger partial charge on any atom is 0.301 e. The van der Waals surface area contributed by atoms with Crippen LogP contribution in [0.2, 0.25) is 0 Å². The second-order valence-electron chi connectivity index (χ2n) is 4.32. The lowest BCUT2D eigenvalue weighted by Crippen LogP contribution is -1.92. The maximum absolute atomic E-state index is 10.2. The van der Waals surface area contributed by atoms with E-state index in [2.05, 4.69) is 46.3 Å². The number of anilines is 2. The van der Waals surface area contributed by atoms with Crippen LogP contribution in [-0.2, 0) is 0 Å². The molecule has 0 radical (unpaired) electrons. The van der Waals surface area contributed by atoms with Gasteiger partial charge in [0.05, 0.1) is 0 Å². The molecule has 0 aliphatic carbocycles. The van der Waals surface area contributed by atoms with Crippen LogP contribution in [0.1, 0.15) is 0 Å². The minimum Gasteiger partial charge on any atom is -0.430 e. The number of nitrogens with two attached hydrogens (primary N) is 2. The number of aromatic nitrogens is 6. The summed E-state index contributed by atoms with van der Waals surface area (Å²) in [4.78, 5) is 16.8. The van der Waals surface area contributed by atoms with Crippen LogP contribution in [0.15, 0.2) is 57.8 Å². The molecule has 0 fully saturated rings. The van der Waals surface area contributed by atoms with Gasteiger partial charge in [0.2, 0.25) is 10.3 Å². The number of nitrogens with zero attached hydrogens (tertiary/aromatic N) is 5. The fraction of sp³-hybridized carbons (Fsp3) is 0. The Morgan fingerprint density at radius 3 is 1.96 bits per heavy atom. The number of rotatable bonds is 2. The minimum atomic E-state index is 0.0405. The molecule has 0 spiro atoms. The number of nitrogens with one attached hydrogen (secondary N) is 1. The Kier molecular flexibility index (Phi) is 8.28. The predicted octanol–water partition coefficient (Wildman–Crippen LogP) is 2.57. The van der Waals surface area contributed by atoms with Crippen molar-refractivity contribution in [3.8, 4) is 10.9 Å². The summed E-state index contributed by atoms with van der Waals surface area (Å²) in [6.07, 6.45) is 6.48. The molecule has 4 aromatic rings. The van der Waals surface area contributed by atoms with Gasteiger partial charge < -0.3 is 21.2 Å². The van der Waals surface area contributed by atoms with Crippen LogP contribution in [0.4, 0.5) is 10.3 Å². The van der Waals surface area contributed by atoms with Crippen LogP contribution >= 0.6 is 38.6 Å². The summed E-state index contributed by atoms with van der Waals surface area (Å²) in [7, 11) is 0. The molecule has 140 valence electrons. The zero-order valence-corrected chi connectivity index (χ0v) is 16.7. The Morgan fingerprint density at radius 1 is 0.926 bits per heavy atom. The van der Waals surface area contributed by atoms with E-state index in [1.54, 1.807) is 36.9 Å². The van der Waals surface area contributed by atoms with Crippen LogP contribution in [0.25, 0.3) is 0 Å². The minimum absolute atomic E-state index is 0.0405. The van der Waals surface area contributed by atoms with Crippen LogP contribution in [-0.4, -0.2) is 30.4 Å². The van der Waals surface area contributed by atoms with Gasteiger partial charge in [-0.05, 0) is 39.4 Å². The van der Waals surface area contributed by atoms with E-state index in [-0.39, 0.29) is 5.43 Å². The molecule has 0 aliphatic rings. The molecule has 4 aromatic heterocycles. The number of pyridine rings is 2. The lowest BCUT2D eigenvalue weighted by Gasteiger charge is -1.97. The number of nitrogen functional groups attached to an aromatic ring is 2. The summed E-state index contributed by atoms with van der Waals surface area (Å²) in [5.74, 6) is 0.672. The topological polar surface area (TPSA) is 159 Å². The largest absolute Gasteiger partial charge is 0.430 e. The Balaban J connectivity index is 0.000000159. The van der Waals surface area contributed by atoms with E-state index in [1.165, 1.54) is 34.8 Å². The average molecular weight is 469 g/mol. The van der Waals surface area contributed by atoms with Gasteiger partial charge in [-0.2, -0.15) is 0 Å². The highest BCUT2D eigenvalue weighted by Gasteiger charge is 2.02. The monoisotopic (exact) mass is 468 g/mol. The first-order valence-corrected chi connectivity index (χ1v) is 9.50. The first-order chi connectivity index (χ1) is 13.0. The van der Waals surface area contributed by atoms with Crippen molar-refractivity contribution in [2.75, 3.05) is 11.5 Å². The second kappa shape index (κ2) is 10.9. The van der Waals surface area contributed by atoms with E-state index < -0.39 is 0 Å². The van der Waals surface area contributed by atoms with Gasteiger partial charge in [-0.15, -0.1) is 15.3 Å². The third kappa shape index (κ3) is 8.35. The third-order valence-electron chi connectivity index (χ3n) is 2.38. The maximum atomic E-state index is 10.2. The number of hydrogen-bond acceptors (Lipinski definition) is 11. The molecule has 10 nitrogen and oxygen atoms in total. The smallest absolute Gasteiger partial charge is 0.301 e. The van der Waals surface area contributed by atoms with E-state index >= 15 is 0 Å². The van der Waals surface area contributed by atoms with E-state index in [0.29, 0.717) is 21.2 Å². The average Bonchev–Trinajstić information content (AvgIpc) is 3.25. The zero-order chi connectivity index (χ0) is 19.5. The second-order valence-corrected chi connectivity index (χ2v) is 7.58. The van der Waals surface area contributed by atoms with Crippen molar-refractivity contribution in [3.05, 3.63) is 63.2 Å². The molecule has 0 saturated carbocycles. The van der Waals surface area contributed by atoms with Crippen LogP contribution in [0, 0.1) is 0 Å². The molecule has 13 heteroatoms. The first-order valence-electron chi connectivity index (χ1n) is 7.07. The van der Waals surface area contributed by atoms with Crippen LogP contribution < -0.4 is 21.6 Å². The highest BCUT2D eigenvalue weighted by atomic mass is 79.9.